The van der Waals surface area contributed by atoms with Crippen molar-refractivity contribution in [3.05, 3.63) is 16.4 Å². The van der Waals surface area contributed by atoms with E-state index in [0.29, 0.717) is 11.6 Å². The van der Waals surface area contributed by atoms with Crippen LogP contribution in [0.1, 0.15) is 49.8 Å². The Labute approximate surface area is 132 Å². The van der Waals surface area contributed by atoms with E-state index in [9.17, 15) is 4.79 Å². The average molecular weight is 312 g/mol. The van der Waals surface area contributed by atoms with Crippen LogP contribution in [0, 0.1) is 6.92 Å². The number of hydrogen-bond acceptors (Lipinski definition) is 3. The molecule has 0 amide bonds. The first-order valence-electron chi connectivity index (χ1n) is 7.77. The summed E-state index contributed by atoms with van der Waals surface area (Å²) in [7, 11) is 5.87. The molecule has 0 radical (unpaired) electrons. The highest BCUT2D eigenvalue weighted by molar-refractivity contribution is 6.30. The van der Waals surface area contributed by atoms with Crippen molar-refractivity contribution >= 4 is 17.4 Å². The van der Waals surface area contributed by atoms with Crippen molar-refractivity contribution < 1.29 is 4.79 Å². The number of Topliss-reactive ketones (excluding diaryl/α,β-unsaturated/α-hetero) is 1. The molecule has 1 aromatic heterocycles. The van der Waals surface area contributed by atoms with Gasteiger partial charge in [0.15, 0.2) is 5.78 Å². The van der Waals surface area contributed by atoms with Crippen LogP contribution in [0.2, 0.25) is 5.15 Å². The molecule has 0 unspecified atom stereocenters. The molecule has 21 heavy (non-hydrogen) atoms. The smallest absolute Gasteiger partial charge is 0.157 e. The number of hydrogen-bond donors (Lipinski definition) is 0. The molecule has 0 saturated heterocycles. The Bertz CT molecular complexity index is 514. The topological polar surface area (TPSA) is 38.1 Å². The first-order valence-corrected chi connectivity index (χ1v) is 8.15. The van der Waals surface area contributed by atoms with Gasteiger partial charge in [-0.05, 0) is 33.9 Å². The van der Waals surface area contributed by atoms with Gasteiger partial charge in [-0.2, -0.15) is 5.10 Å². The monoisotopic (exact) mass is 311 g/mol. The Kier molecular flexibility index (Phi) is 5.10. The van der Waals surface area contributed by atoms with E-state index in [4.69, 9.17) is 11.6 Å². The number of halogens is 1. The number of aryl methyl sites for hydroxylation is 2. The molecule has 2 rings (SSSR count). The molecule has 0 spiro atoms. The third-order valence-corrected chi connectivity index (χ3v) is 5.39. The second-order valence-corrected chi connectivity index (χ2v) is 6.78. The number of rotatable bonds is 4. The number of nitrogens with zero attached hydrogens (tertiary/aromatic N) is 3. The number of aromatic nitrogens is 2. The molecule has 1 saturated carbocycles. The third-order valence-electron chi connectivity index (χ3n) is 4.91. The summed E-state index contributed by atoms with van der Waals surface area (Å²) in [6.45, 7) is 1.92. The maximum atomic E-state index is 13.1. The van der Waals surface area contributed by atoms with Crippen molar-refractivity contribution in [2.24, 2.45) is 7.05 Å². The minimum absolute atomic E-state index is 0.285. The van der Waals surface area contributed by atoms with Crippen LogP contribution in [0.4, 0.5) is 0 Å². The van der Waals surface area contributed by atoms with Gasteiger partial charge in [0.05, 0.1) is 11.2 Å². The van der Waals surface area contributed by atoms with E-state index >= 15 is 0 Å². The van der Waals surface area contributed by atoms with Crippen LogP contribution in [0.25, 0.3) is 0 Å². The lowest BCUT2D eigenvalue weighted by Gasteiger charge is -2.38. The second-order valence-electron chi connectivity index (χ2n) is 6.42. The summed E-state index contributed by atoms with van der Waals surface area (Å²) in [4.78, 5) is 15.2. The minimum atomic E-state index is -0.331. The van der Waals surface area contributed by atoms with Crippen LogP contribution in [0.15, 0.2) is 0 Å². The quantitative estimate of drug-likeness (QED) is 0.802. The Hall–Kier alpha value is -0.870. The van der Waals surface area contributed by atoms with Crippen molar-refractivity contribution in [3.8, 4) is 0 Å². The van der Waals surface area contributed by atoms with Crippen LogP contribution in [0.5, 0.6) is 0 Å². The van der Waals surface area contributed by atoms with Gasteiger partial charge in [0, 0.05) is 19.0 Å². The molecule has 118 valence electrons. The Morgan fingerprint density at radius 1 is 1.29 bits per heavy atom. The van der Waals surface area contributed by atoms with Gasteiger partial charge in [-0.15, -0.1) is 0 Å². The zero-order valence-corrected chi connectivity index (χ0v) is 14.3. The number of ketones is 1. The highest BCUT2D eigenvalue weighted by Gasteiger charge is 2.40. The van der Waals surface area contributed by atoms with Crippen molar-refractivity contribution in [2.75, 3.05) is 14.1 Å². The summed E-state index contributed by atoms with van der Waals surface area (Å²) in [5.74, 6) is 0.285. The molecule has 1 aliphatic carbocycles. The van der Waals surface area contributed by atoms with Crippen LogP contribution in [-0.4, -0.2) is 40.1 Å². The lowest BCUT2D eigenvalue weighted by atomic mass is 9.82. The second kappa shape index (κ2) is 6.49. The Morgan fingerprint density at radius 3 is 2.29 bits per heavy atom. The van der Waals surface area contributed by atoms with Gasteiger partial charge in [0.25, 0.3) is 0 Å². The number of carbonyl (C=O) groups is 1. The Morgan fingerprint density at radius 2 is 1.86 bits per heavy atom. The summed E-state index contributed by atoms with van der Waals surface area (Å²) in [6.07, 6.45) is 7.01. The molecule has 0 aromatic carbocycles. The first kappa shape index (κ1) is 16.5. The van der Waals surface area contributed by atoms with Gasteiger partial charge in [-0.1, -0.05) is 37.3 Å². The molecule has 0 aliphatic heterocycles. The fourth-order valence-electron chi connectivity index (χ4n) is 3.49. The summed E-state index contributed by atoms with van der Waals surface area (Å²) in [6, 6.07) is 0. The van der Waals surface area contributed by atoms with E-state index in [1.165, 1.54) is 12.8 Å². The van der Waals surface area contributed by atoms with Crippen molar-refractivity contribution in [1.82, 2.24) is 14.7 Å². The summed E-state index contributed by atoms with van der Waals surface area (Å²) in [5, 5.41) is 4.90. The molecule has 1 aromatic rings. The van der Waals surface area contributed by atoms with E-state index in [1.807, 2.05) is 28.1 Å². The molecule has 5 heteroatoms. The summed E-state index contributed by atoms with van der Waals surface area (Å²) in [5.41, 5.74) is 1.41. The predicted octanol–water partition coefficient (Wildman–Crippen LogP) is 3.15. The van der Waals surface area contributed by atoms with Gasteiger partial charge in [-0.25, -0.2) is 0 Å². The van der Waals surface area contributed by atoms with Crippen LogP contribution < -0.4 is 0 Å². The van der Waals surface area contributed by atoms with E-state index in [2.05, 4.69) is 10.00 Å². The first-order chi connectivity index (χ1) is 9.88. The highest BCUT2D eigenvalue weighted by Crippen LogP contribution is 2.34. The standard InChI is InChI=1S/C16H26ClN3O/c1-12-13(15(17)20(4)18-12)11-14(21)16(19(2)3)9-7-5-6-8-10-16/h5-11H2,1-4H3. The van der Waals surface area contributed by atoms with E-state index < -0.39 is 0 Å². The maximum Gasteiger partial charge on any atom is 0.157 e. The summed E-state index contributed by atoms with van der Waals surface area (Å²) >= 11 is 6.29. The molecule has 1 aliphatic rings. The third kappa shape index (κ3) is 3.16. The van der Waals surface area contributed by atoms with Crippen molar-refractivity contribution in [3.63, 3.8) is 0 Å². The largest absolute Gasteiger partial charge is 0.297 e. The van der Waals surface area contributed by atoms with Crippen molar-refractivity contribution in [2.45, 2.75) is 57.4 Å². The average Bonchev–Trinajstić information content (AvgIpc) is 2.66. The molecule has 1 heterocycles. The fourth-order valence-corrected chi connectivity index (χ4v) is 3.73. The molecule has 1 fully saturated rings. The fraction of sp³-hybridized carbons (Fsp3) is 0.750. The van der Waals surface area contributed by atoms with Gasteiger partial charge in [0.1, 0.15) is 5.15 Å². The van der Waals surface area contributed by atoms with E-state index in [-0.39, 0.29) is 11.3 Å². The zero-order valence-electron chi connectivity index (χ0n) is 13.6. The maximum absolute atomic E-state index is 13.1. The van der Waals surface area contributed by atoms with E-state index in [0.717, 1.165) is 36.9 Å². The van der Waals surface area contributed by atoms with Gasteiger partial charge < -0.3 is 0 Å². The summed E-state index contributed by atoms with van der Waals surface area (Å²) < 4.78 is 1.65. The van der Waals surface area contributed by atoms with Gasteiger partial charge in [0.2, 0.25) is 0 Å². The highest BCUT2D eigenvalue weighted by atomic mass is 35.5. The predicted molar refractivity (Wildman–Crippen MR) is 85.8 cm³/mol. The normalized spacial score (nSPS) is 18.8. The molecular weight excluding hydrogens is 286 g/mol. The zero-order chi connectivity index (χ0) is 15.6. The number of likely N-dealkylation sites (N-methyl/N-ethyl adjacent to an activating group) is 1. The lowest BCUT2D eigenvalue weighted by molar-refractivity contribution is -0.130. The molecule has 0 bridgehead atoms. The molecule has 4 nitrogen and oxygen atoms in total. The van der Waals surface area contributed by atoms with Crippen LogP contribution in [0.3, 0.4) is 0 Å². The van der Waals surface area contributed by atoms with Gasteiger partial charge in [-0.3, -0.25) is 14.4 Å². The molecule has 0 N–H and O–H groups in total. The molecule has 0 atom stereocenters. The lowest BCUT2D eigenvalue weighted by Crippen LogP contribution is -2.51. The Balaban J connectivity index is 2.27. The van der Waals surface area contributed by atoms with Crippen molar-refractivity contribution in [1.29, 1.82) is 0 Å². The number of carbonyl (C=O) groups excluding carboxylic acids is 1. The van der Waals surface area contributed by atoms with Crippen LogP contribution in [-0.2, 0) is 18.3 Å². The SMILES string of the molecule is Cc1nn(C)c(Cl)c1CC(=O)C1(N(C)C)CCCCCC1. The van der Waals surface area contributed by atoms with E-state index in [1.54, 1.807) is 4.68 Å². The molecular formula is C16H26ClN3O. The van der Waals surface area contributed by atoms with Crippen LogP contribution >= 0.6 is 11.6 Å². The minimum Gasteiger partial charge on any atom is -0.297 e. The van der Waals surface area contributed by atoms with Gasteiger partial charge >= 0.3 is 0 Å².